The second kappa shape index (κ2) is 4.46. The lowest BCUT2D eigenvalue weighted by Gasteiger charge is -2.28. The summed E-state index contributed by atoms with van der Waals surface area (Å²) in [5.41, 5.74) is 1.03. The van der Waals surface area contributed by atoms with Crippen molar-refractivity contribution < 1.29 is 8.39 Å². The molecular weight excluding hydrogens is 244 g/mol. The second-order valence-corrected chi connectivity index (χ2v) is 6.97. The van der Waals surface area contributed by atoms with E-state index in [1.54, 1.807) is 0 Å². The molecule has 0 radical (unpaired) electrons. The van der Waals surface area contributed by atoms with Gasteiger partial charge in [-0.3, -0.25) is 4.18 Å². The molecule has 2 bridgehead atoms. The van der Waals surface area contributed by atoms with E-state index in [2.05, 4.69) is 6.92 Å². The molecule has 0 saturated heterocycles. The lowest BCUT2D eigenvalue weighted by molar-refractivity contribution is 0.0571. The number of hydrogen-bond acceptors (Lipinski definition) is 2. The quantitative estimate of drug-likeness (QED) is 0.833. The molecule has 18 heavy (non-hydrogen) atoms. The van der Waals surface area contributed by atoms with Crippen molar-refractivity contribution in [2.24, 2.45) is 11.8 Å². The van der Waals surface area contributed by atoms with Gasteiger partial charge in [-0.1, -0.05) is 17.7 Å². The van der Waals surface area contributed by atoms with Crippen LogP contribution in [0.2, 0.25) is 0 Å². The maximum Gasteiger partial charge on any atom is 0.189 e. The highest BCUT2D eigenvalue weighted by atomic mass is 32.2. The van der Waals surface area contributed by atoms with Gasteiger partial charge in [-0.2, -0.15) is 0 Å². The summed E-state index contributed by atoms with van der Waals surface area (Å²) in [6.07, 6.45) is 4.97. The van der Waals surface area contributed by atoms with E-state index < -0.39 is 11.1 Å². The summed E-state index contributed by atoms with van der Waals surface area (Å²) in [6, 6.07) is 7.79. The van der Waals surface area contributed by atoms with Crippen LogP contribution >= 0.6 is 0 Å². The molecule has 0 N–H and O–H groups in total. The number of benzene rings is 1. The fraction of sp³-hybridized carbons (Fsp3) is 0.600. The second-order valence-electron chi connectivity index (χ2n) is 5.86. The molecule has 98 valence electrons. The van der Waals surface area contributed by atoms with Crippen LogP contribution in [-0.2, 0) is 15.3 Å². The summed E-state index contributed by atoms with van der Waals surface area (Å²) in [7, 11) is 0. The van der Waals surface area contributed by atoms with Crippen molar-refractivity contribution >= 4 is 11.1 Å². The zero-order chi connectivity index (χ0) is 12.8. The van der Waals surface area contributed by atoms with Crippen LogP contribution in [-0.4, -0.2) is 9.81 Å². The van der Waals surface area contributed by atoms with Gasteiger partial charge in [0.25, 0.3) is 0 Å². The summed E-state index contributed by atoms with van der Waals surface area (Å²) in [4.78, 5) is 0.785. The van der Waals surface area contributed by atoms with E-state index in [0.29, 0.717) is 11.8 Å². The van der Waals surface area contributed by atoms with Crippen LogP contribution in [0.4, 0.5) is 0 Å². The zero-order valence-electron chi connectivity index (χ0n) is 11.0. The van der Waals surface area contributed by atoms with E-state index in [1.165, 1.54) is 31.2 Å². The number of hydrogen-bond donors (Lipinski definition) is 0. The van der Waals surface area contributed by atoms with Crippen molar-refractivity contribution in [2.45, 2.75) is 50.0 Å². The molecule has 2 aliphatic carbocycles. The third-order valence-electron chi connectivity index (χ3n) is 4.82. The molecule has 0 heterocycles. The Morgan fingerprint density at radius 2 is 1.61 bits per heavy atom. The molecule has 1 atom stereocenters. The van der Waals surface area contributed by atoms with Crippen LogP contribution in [0.5, 0.6) is 0 Å². The average molecular weight is 264 g/mol. The molecule has 1 unspecified atom stereocenters. The van der Waals surface area contributed by atoms with Crippen molar-refractivity contribution in [1.29, 1.82) is 0 Å². The van der Waals surface area contributed by atoms with Crippen molar-refractivity contribution in [2.75, 3.05) is 0 Å². The first kappa shape index (κ1) is 12.4. The molecule has 2 saturated carbocycles. The molecule has 2 aliphatic rings. The summed E-state index contributed by atoms with van der Waals surface area (Å²) in [5.74, 6) is 1.22. The third-order valence-corrected chi connectivity index (χ3v) is 5.98. The highest BCUT2D eigenvalue weighted by Crippen LogP contribution is 2.54. The van der Waals surface area contributed by atoms with Crippen LogP contribution < -0.4 is 0 Å². The number of rotatable bonds is 3. The van der Waals surface area contributed by atoms with Gasteiger partial charge in [-0.25, -0.2) is 4.21 Å². The van der Waals surface area contributed by atoms with Gasteiger partial charge in [0, 0.05) is 0 Å². The molecule has 0 aliphatic heterocycles. The first-order valence-electron chi connectivity index (χ1n) is 6.77. The average Bonchev–Trinajstić information content (AvgIpc) is 2.83. The Balaban J connectivity index is 1.77. The molecule has 0 aromatic heterocycles. The van der Waals surface area contributed by atoms with E-state index in [1.807, 2.05) is 31.2 Å². The van der Waals surface area contributed by atoms with Gasteiger partial charge in [-0.05, 0) is 63.5 Å². The van der Waals surface area contributed by atoms with Crippen LogP contribution in [0.3, 0.4) is 0 Å². The molecule has 1 aromatic carbocycles. The summed E-state index contributed by atoms with van der Waals surface area (Å²) in [6.45, 7) is 4.19. The minimum absolute atomic E-state index is 0.157. The predicted molar refractivity (Wildman–Crippen MR) is 72.5 cm³/mol. The van der Waals surface area contributed by atoms with Gasteiger partial charge >= 0.3 is 0 Å². The molecule has 0 amide bonds. The lowest BCUT2D eigenvalue weighted by Crippen LogP contribution is -2.34. The minimum atomic E-state index is -1.32. The van der Waals surface area contributed by atoms with Gasteiger partial charge in [0.05, 0.1) is 10.5 Å². The maximum absolute atomic E-state index is 12.3. The van der Waals surface area contributed by atoms with E-state index in [-0.39, 0.29) is 5.60 Å². The largest absolute Gasteiger partial charge is 0.280 e. The Hall–Kier alpha value is -0.670. The topological polar surface area (TPSA) is 26.3 Å². The number of fused-ring (bicyclic) bond motifs is 2. The van der Waals surface area contributed by atoms with Gasteiger partial charge in [0.1, 0.15) is 0 Å². The molecule has 1 aromatic rings. The number of aryl methyl sites for hydroxylation is 1. The predicted octanol–water partition coefficient (Wildman–Crippen LogP) is 3.61. The van der Waals surface area contributed by atoms with Crippen molar-refractivity contribution in [3.05, 3.63) is 29.8 Å². The van der Waals surface area contributed by atoms with Gasteiger partial charge in [0.15, 0.2) is 11.1 Å². The Morgan fingerprint density at radius 1 is 1.11 bits per heavy atom. The Labute approximate surface area is 111 Å². The first-order chi connectivity index (χ1) is 8.59. The monoisotopic (exact) mass is 264 g/mol. The Morgan fingerprint density at radius 3 is 2.11 bits per heavy atom. The SMILES string of the molecule is Cc1ccc(S(=O)OC2(C)C3CCC2CC3)cc1. The zero-order valence-corrected chi connectivity index (χ0v) is 11.8. The van der Waals surface area contributed by atoms with Crippen molar-refractivity contribution in [3.8, 4) is 0 Å². The van der Waals surface area contributed by atoms with Gasteiger partial charge in [0.2, 0.25) is 0 Å². The van der Waals surface area contributed by atoms with E-state index in [4.69, 9.17) is 4.18 Å². The fourth-order valence-electron chi connectivity index (χ4n) is 3.57. The van der Waals surface area contributed by atoms with E-state index in [9.17, 15) is 4.21 Å². The van der Waals surface area contributed by atoms with Crippen molar-refractivity contribution in [3.63, 3.8) is 0 Å². The van der Waals surface area contributed by atoms with Crippen LogP contribution in [0.1, 0.15) is 38.2 Å². The molecular formula is C15H20O2S. The maximum atomic E-state index is 12.3. The van der Waals surface area contributed by atoms with Crippen LogP contribution in [0.15, 0.2) is 29.2 Å². The molecule has 2 nitrogen and oxygen atoms in total. The fourth-order valence-corrected chi connectivity index (χ4v) is 4.62. The highest BCUT2D eigenvalue weighted by molar-refractivity contribution is 7.80. The van der Waals surface area contributed by atoms with Gasteiger partial charge in [-0.15, -0.1) is 0 Å². The molecule has 0 spiro atoms. The highest BCUT2D eigenvalue weighted by Gasteiger charge is 2.53. The third kappa shape index (κ3) is 1.94. The Bertz CT molecular complexity index is 446. The standard InChI is InChI=1S/C15H20O2S/c1-11-3-9-14(10-4-11)18(16)17-15(2)12-5-6-13(15)8-7-12/h3-4,9-10,12-13H,5-8H2,1-2H3. The molecule has 3 heteroatoms. The smallest absolute Gasteiger partial charge is 0.189 e. The molecule has 3 rings (SSSR count). The summed E-state index contributed by atoms with van der Waals surface area (Å²) < 4.78 is 18.3. The van der Waals surface area contributed by atoms with E-state index in [0.717, 1.165) is 4.90 Å². The normalized spacial score (nSPS) is 35.9. The Kier molecular flexibility index (Phi) is 3.07. The summed E-state index contributed by atoms with van der Waals surface area (Å²) in [5, 5.41) is 0. The lowest BCUT2D eigenvalue weighted by atomic mass is 9.95. The van der Waals surface area contributed by atoms with Crippen LogP contribution in [0.25, 0.3) is 0 Å². The first-order valence-corrected chi connectivity index (χ1v) is 7.85. The van der Waals surface area contributed by atoms with E-state index >= 15 is 0 Å². The summed E-state index contributed by atoms with van der Waals surface area (Å²) >= 11 is -1.32. The van der Waals surface area contributed by atoms with Crippen LogP contribution in [0, 0.1) is 18.8 Å². The van der Waals surface area contributed by atoms with Gasteiger partial charge < -0.3 is 0 Å². The minimum Gasteiger partial charge on any atom is -0.280 e. The molecule has 2 fully saturated rings. The van der Waals surface area contributed by atoms with Crippen molar-refractivity contribution in [1.82, 2.24) is 0 Å².